The summed E-state index contributed by atoms with van der Waals surface area (Å²) in [6, 6.07) is 41.0. The molecular weight excluding hydrogens is 1870 g/mol. The smallest absolute Gasteiger partial charge is 0.388 e. The van der Waals surface area contributed by atoms with E-state index in [1.165, 1.54) is 29.0 Å². The van der Waals surface area contributed by atoms with Gasteiger partial charge in [0.25, 0.3) is 0 Å². The minimum atomic E-state index is -2.95. The molecule has 3 spiro atoms. The Morgan fingerprint density at radius 1 is 0.415 bits per heavy atom. The van der Waals surface area contributed by atoms with E-state index in [9.17, 15) is 42.7 Å². The molecule has 2 bridgehead atoms. The van der Waals surface area contributed by atoms with Crippen LogP contribution in [0.1, 0.15) is 164 Å². The number of aliphatic imine (C=N–C) groups is 3. The fourth-order valence-corrected chi connectivity index (χ4v) is 24.3. The minimum absolute atomic E-state index is 0.0296. The van der Waals surface area contributed by atoms with Gasteiger partial charge in [-0.2, -0.15) is 24.1 Å². The highest BCUT2D eigenvalue weighted by molar-refractivity contribution is 6.17. The average molecular weight is 1980 g/mol. The van der Waals surface area contributed by atoms with Crippen LogP contribution in [0.25, 0.3) is 33.9 Å². The monoisotopic (exact) mass is 1980 g/mol. The van der Waals surface area contributed by atoms with Crippen LogP contribution in [-0.2, 0) is 81.6 Å². The predicted octanol–water partition coefficient (Wildman–Crippen LogP) is 10.9. The highest BCUT2D eigenvalue weighted by Gasteiger charge is 2.71. The summed E-state index contributed by atoms with van der Waals surface area (Å²) in [6.07, 6.45) is 27.2. The molecular formula is C110H116F2N26O9. The number of amides is 6. The van der Waals surface area contributed by atoms with Crippen LogP contribution in [0.2, 0.25) is 0 Å². The zero-order valence-corrected chi connectivity index (χ0v) is 83.1. The van der Waals surface area contributed by atoms with Gasteiger partial charge in [0.05, 0.1) is 102 Å². The number of halogens is 2. The van der Waals surface area contributed by atoms with Crippen molar-refractivity contribution in [1.29, 1.82) is 0 Å². The number of aliphatic hydroxyl groups is 1. The molecule has 9 fully saturated rings. The normalized spacial score (nSPS) is 23.4. The quantitative estimate of drug-likeness (QED) is 0.0581. The Balaban J connectivity index is 0.000000121. The summed E-state index contributed by atoms with van der Waals surface area (Å²) < 4.78 is 40.4. The van der Waals surface area contributed by atoms with Crippen molar-refractivity contribution in [2.45, 2.75) is 135 Å². The van der Waals surface area contributed by atoms with Crippen molar-refractivity contribution in [2.24, 2.45) is 57.8 Å². The van der Waals surface area contributed by atoms with E-state index < -0.39 is 22.9 Å². The van der Waals surface area contributed by atoms with Crippen LogP contribution >= 0.6 is 0 Å². The van der Waals surface area contributed by atoms with Crippen molar-refractivity contribution >= 4 is 81.0 Å². The molecule has 0 unspecified atom stereocenters. The molecule has 8 aromatic heterocycles. The third-order valence-corrected chi connectivity index (χ3v) is 32.3. The van der Waals surface area contributed by atoms with Crippen LogP contribution in [0.15, 0.2) is 204 Å². The molecule has 37 heteroatoms. The Hall–Kier alpha value is -14.8. The summed E-state index contributed by atoms with van der Waals surface area (Å²) in [5, 5.41) is 22.7. The molecule has 11 aromatic rings. The summed E-state index contributed by atoms with van der Waals surface area (Å²) in [6.45, 7) is 13.2. The first-order chi connectivity index (χ1) is 71.3. The number of carbonyl (C=O) groups excluding carboxylic acids is 6. The Bertz CT molecular complexity index is 7200. The molecule has 3 aliphatic carbocycles. The maximum atomic E-state index is 14.1. The molecule has 1 N–H and O–H groups in total. The lowest BCUT2D eigenvalue weighted by molar-refractivity contribution is -0.134. The Kier molecular flexibility index (Phi) is 25.3. The van der Waals surface area contributed by atoms with Crippen molar-refractivity contribution in [1.82, 2.24) is 98.6 Å². The van der Waals surface area contributed by atoms with Crippen LogP contribution in [0.3, 0.4) is 0 Å². The third kappa shape index (κ3) is 18.6. The van der Waals surface area contributed by atoms with Gasteiger partial charge >= 0.3 is 6.61 Å². The number of likely N-dealkylation sites (tertiary alicyclic amines) is 3. The van der Waals surface area contributed by atoms with Crippen molar-refractivity contribution < 1.29 is 52.1 Å². The number of pyridine rings is 5. The summed E-state index contributed by atoms with van der Waals surface area (Å²) in [4.78, 5) is 150. The molecule has 754 valence electrons. The van der Waals surface area contributed by atoms with Gasteiger partial charge < -0.3 is 34.2 Å². The second-order valence-electron chi connectivity index (χ2n) is 42.0. The molecule has 35 nitrogen and oxygen atoms in total. The summed E-state index contributed by atoms with van der Waals surface area (Å²) in [5.74, 6) is 4.67. The SMILES string of the molecule is CC(C)Oc1ccc(C2=NCc3ccc(N4CC[C@]5(CCN(CC(=O)N6CC=C(C78CC(c9ncn(C)n9)(C7)C8)CC6)C5)C4=O)cc32)cn1.Cn1cnc(-c2ccc(C3=CCN(C(=O)CN4CC[C@]5(CCN(c6ccc7c(n6)C(c6ccc(CO)nc6)=NC7)C5=O)C4)CC3)cc2)n1.Cn1cnc(-c2ccc(C3=CCN(C(=O)CN4CC[C@]5(CCN(c6ccc7c(n6)C(c6ccc(OC(F)F)nc6)=NC7)C5=O)C4)CC3)cc2)n1. The second kappa shape index (κ2) is 38.9. The molecule has 6 saturated heterocycles. The van der Waals surface area contributed by atoms with Gasteiger partial charge in [-0.3, -0.25) is 87.3 Å². The fourth-order valence-electron chi connectivity index (χ4n) is 24.3. The topological polar surface area (TPSA) is 364 Å². The first-order valence-electron chi connectivity index (χ1n) is 51.0. The molecule has 20 heterocycles. The number of carbonyl (C=O) groups is 6. The first kappa shape index (κ1) is 95.7. The number of aliphatic hydroxyl groups excluding tert-OH is 1. The highest BCUT2D eigenvalue weighted by atomic mass is 19.3. The van der Waals surface area contributed by atoms with E-state index in [2.05, 4.69) is 130 Å². The van der Waals surface area contributed by atoms with E-state index in [-0.39, 0.29) is 66.0 Å². The third-order valence-electron chi connectivity index (χ3n) is 32.3. The van der Waals surface area contributed by atoms with Gasteiger partial charge in [-0.1, -0.05) is 90.5 Å². The lowest BCUT2D eigenvalue weighted by Crippen LogP contribution is -2.66. The molecule has 3 atom stereocenters. The first-order valence-corrected chi connectivity index (χ1v) is 51.0. The molecule has 3 saturated carbocycles. The lowest BCUT2D eigenvalue weighted by Gasteiger charge is -2.71. The zero-order valence-electron chi connectivity index (χ0n) is 83.1. The number of ether oxygens (including phenoxy) is 2. The Morgan fingerprint density at radius 2 is 0.837 bits per heavy atom. The van der Waals surface area contributed by atoms with E-state index in [1.54, 1.807) is 56.3 Å². The van der Waals surface area contributed by atoms with Crippen LogP contribution in [0, 0.1) is 21.7 Å². The summed E-state index contributed by atoms with van der Waals surface area (Å²) >= 11 is 0. The molecule has 26 rings (SSSR count). The van der Waals surface area contributed by atoms with Gasteiger partial charge in [-0.15, -0.1) is 0 Å². The number of hydrogen-bond donors (Lipinski definition) is 1. The molecule has 147 heavy (non-hydrogen) atoms. The number of rotatable bonds is 23. The summed E-state index contributed by atoms with van der Waals surface area (Å²) in [7, 11) is 5.63. The number of nitrogens with zero attached hydrogens (tertiary/aromatic N) is 26. The number of aromatic nitrogens is 14. The number of hydrogen-bond acceptors (Lipinski definition) is 26. The van der Waals surface area contributed by atoms with E-state index in [0.717, 1.165) is 168 Å². The Labute approximate surface area is 849 Å². The number of alkyl halides is 2. The molecule has 3 aromatic carbocycles. The van der Waals surface area contributed by atoms with Crippen molar-refractivity contribution in [3.05, 3.63) is 262 Å². The number of aryl methyl sites for hydroxylation is 3. The van der Waals surface area contributed by atoms with E-state index in [1.807, 2.05) is 132 Å². The average Bonchev–Trinajstić information content (AvgIpc) is 1.61. The maximum absolute atomic E-state index is 14.1. The number of fused-ring (bicyclic) bond motifs is 3. The molecule has 15 aliphatic rings. The largest absolute Gasteiger partial charge is 0.475 e. The second-order valence-corrected chi connectivity index (χ2v) is 42.0. The van der Waals surface area contributed by atoms with Crippen molar-refractivity contribution in [2.75, 3.05) is 133 Å². The maximum Gasteiger partial charge on any atom is 0.388 e. The number of benzene rings is 3. The van der Waals surface area contributed by atoms with Crippen LogP contribution < -0.4 is 24.2 Å². The Morgan fingerprint density at radius 3 is 1.27 bits per heavy atom. The van der Waals surface area contributed by atoms with Gasteiger partial charge in [0.1, 0.15) is 30.6 Å². The van der Waals surface area contributed by atoms with Crippen LogP contribution in [0.5, 0.6) is 11.8 Å². The molecule has 6 amide bonds. The van der Waals surface area contributed by atoms with E-state index >= 15 is 0 Å². The summed E-state index contributed by atoms with van der Waals surface area (Å²) in [5.41, 5.74) is 19.0. The van der Waals surface area contributed by atoms with Gasteiger partial charge in [-0.25, -0.2) is 34.9 Å². The molecule has 0 radical (unpaired) electrons. The van der Waals surface area contributed by atoms with E-state index in [0.29, 0.717) is 181 Å². The fraction of sp³-hybridized carbons (Fsp3) is 0.418. The van der Waals surface area contributed by atoms with Crippen LogP contribution in [-0.4, -0.2) is 287 Å². The minimum Gasteiger partial charge on any atom is -0.475 e. The van der Waals surface area contributed by atoms with Crippen molar-refractivity contribution in [3.8, 4) is 34.5 Å². The standard InChI is InChI=1S/C38H44N8O3.C36H35F2N9O3.C36H37N9O3/c1-25(2)49-31-7-5-27(18-39-31)33-30-16-29(6-4-26(30)17-40-33)46-15-11-36(35(46)48)10-14-44(23-36)19-32(47)45-12-8-28(9-13-45)37-20-38(21-37,22-37)34-41-24-43(3)42-34;1-44-22-41-33(43-44)25-4-2-23(3-5-25)24-10-14-46(15-11-24)30(48)20-45-16-12-36(21-45)13-17-47(34(36)49)28-8-6-27-19-40-31(32(27)42-28)26-7-9-29(39-18-26)50-35(37)38;1-42-23-39-34(41-42)26-4-2-24(3-5-26)25-10-14-44(15-11-25)31(47)20-43-16-12-36(22-43)13-17-45(35(36)48)30-9-7-28-19-38-32(33(28)40-30)27-6-8-29(21-46)37-18-27/h4-8,16,18,24-25H,9-15,17,19-23H2,1-3H3;2-10,18,22,35H,11-17,19-21H2,1H3;2-10,18,23,46H,11-17,19-22H2,1H3/t36-,37?,38?;2*36-/m000/s1. The highest BCUT2D eigenvalue weighted by Crippen LogP contribution is 2.76. The van der Waals surface area contributed by atoms with Gasteiger partial charge in [0.2, 0.25) is 47.2 Å². The van der Waals surface area contributed by atoms with Gasteiger partial charge in [-0.05, 0) is 192 Å². The number of anilines is 3. The zero-order chi connectivity index (χ0) is 101. The van der Waals surface area contributed by atoms with E-state index in [4.69, 9.17) is 24.7 Å². The predicted molar refractivity (Wildman–Crippen MR) is 545 cm³/mol. The van der Waals surface area contributed by atoms with Crippen LogP contribution in [0.4, 0.5) is 26.1 Å². The van der Waals surface area contributed by atoms with Gasteiger partial charge in [0, 0.05) is 186 Å². The molecule has 12 aliphatic heterocycles. The van der Waals surface area contributed by atoms with Gasteiger partial charge in [0.15, 0.2) is 17.5 Å². The lowest BCUT2D eigenvalue weighted by atomic mass is 9.32. The van der Waals surface area contributed by atoms with Crippen molar-refractivity contribution in [3.63, 3.8) is 0 Å².